The fourth-order valence-corrected chi connectivity index (χ4v) is 2.38. The summed E-state index contributed by atoms with van der Waals surface area (Å²) in [5, 5.41) is 10.9. The van der Waals surface area contributed by atoms with E-state index >= 15 is 0 Å². The molecule has 0 aliphatic rings. The predicted octanol–water partition coefficient (Wildman–Crippen LogP) is 2.16. The molecule has 2 N–H and O–H groups in total. The molecule has 2 aromatic heterocycles. The second-order valence-corrected chi connectivity index (χ2v) is 5.47. The van der Waals surface area contributed by atoms with Gasteiger partial charge in [-0.15, -0.1) is 0 Å². The molecule has 1 aromatic carbocycles. The molecule has 0 radical (unpaired) electrons. The lowest BCUT2D eigenvalue weighted by molar-refractivity contribution is -0.385. The van der Waals surface area contributed by atoms with Gasteiger partial charge >= 0.3 is 0 Å². The molecule has 3 rings (SSSR count). The van der Waals surface area contributed by atoms with Gasteiger partial charge in [0.05, 0.1) is 10.5 Å². The lowest BCUT2D eigenvalue weighted by atomic mass is 10.2. The third-order valence-corrected chi connectivity index (χ3v) is 3.67. The highest BCUT2D eigenvalue weighted by Crippen LogP contribution is 2.17. The van der Waals surface area contributed by atoms with E-state index in [1.165, 1.54) is 0 Å². The van der Waals surface area contributed by atoms with Crippen molar-refractivity contribution >= 4 is 17.4 Å². The first-order valence-electron chi connectivity index (χ1n) is 7.73. The topological polar surface area (TPSA) is 116 Å². The molecule has 0 aliphatic heterocycles. The zero-order valence-electron chi connectivity index (χ0n) is 13.6. The van der Waals surface area contributed by atoms with Crippen LogP contribution in [-0.2, 0) is 6.54 Å². The fraction of sp³-hybridized carbons (Fsp3) is 0.0556. The largest absolute Gasteiger partial charge is 0.383 e. The average Bonchev–Trinajstić information content (AvgIpc) is 2.64. The van der Waals surface area contributed by atoms with Gasteiger partial charge in [0.25, 0.3) is 11.6 Å². The Kier molecular flexibility index (Phi) is 4.84. The van der Waals surface area contributed by atoms with Crippen LogP contribution in [0.25, 0.3) is 0 Å². The van der Waals surface area contributed by atoms with Gasteiger partial charge in [-0.2, -0.15) is 4.99 Å². The number of anilines is 1. The van der Waals surface area contributed by atoms with Gasteiger partial charge in [-0.05, 0) is 17.7 Å². The molecule has 0 aliphatic carbocycles. The van der Waals surface area contributed by atoms with Crippen molar-refractivity contribution in [3.05, 3.63) is 93.7 Å². The molecule has 0 atom stereocenters. The molecule has 2 heterocycles. The molecule has 3 aromatic rings. The second-order valence-electron chi connectivity index (χ2n) is 5.47. The Morgan fingerprint density at radius 1 is 1.19 bits per heavy atom. The van der Waals surface area contributed by atoms with Crippen LogP contribution in [0.2, 0.25) is 0 Å². The van der Waals surface area contributed by atoms with E-state index in [9.17, 15) is 14.9 Å². The van der Waals surface area contributed by atoms with Gasteiger partial charge in [0.2, 0.25) is 0 Å². The summed E-state index contributed by atoms with van der Waals surface area (Å²) in [5.41, 5.74) is 6.72. The number of aromatic nitrogens is 2. The zero-order chi connectivity index (χ0) is 18.5. The van der Waals surface area contributed by atoms with Crippen LogP contribution in [0, 0.1) is 10.1 Å². The molecule has 0 fully saturated rings. The van der Waals surface area contributed by atoms with E-state index < -0.39 is 10.8 Å². The standard InChI is InChI=1S/C18H15N5O3/c19-17-15(10-14(11-20-17)23(25)26)18(24)21-16-8-4-5-9-22(16)12-13-6-2-1-3-7-13/h1-11H,12H2,(H2,19,20). The molecule has 0 saturated carbocycles. The number of hydrogen-bond donors (Lipinski definition) is 1. The first-order valence-corrected chi connectivity index (χ1v) is 7.73. The van der Waals surface area contributed by atoms with Gasteiger partial charge in [-0.3, -0.25) is 14.9 Å². The van der Waals surface area contributed by atoms with Gasteiger partial charge in [0.15, 0.2) is 0 Å². The highest BCUT2D eigenvalue weighted by molar-refractivity contribution is 5.99. The summed E-state index contributed by atoms with van der Waals surface area (Å²) < 4.78 is 1.80. The Morgan fingerprint density at radius 2 is 1.92 bits per heavy atom. The minimum absolute atomic E-state index is 0.102. The summed E-state index contributed by atoms with van der Waals surface area (Å²) in [6, 6.07) is 16.1. The highest BCUT2D eigenvalue weighted by Gasteiger charge is 2.16. The number of nitrogen functional groups attached to an aromatic ring is 1. The summed E-state index contributed by atoms with van der Waals surface area (Å²) >= 11 is 0. The number of pyridine rings is 2. The lowest BCUT2D eigenvalue weighted by Gasteiger charge is -2.07. The van der Waals surface area contributed by atoms with E-state index in [0.29, 0.717) is 12.0 Å². The first kappa shape index (κ1) is 17.0. The number of carbonyl (C=O) groups is 1. The molecule has 0 spiro atoms. The van der Waals surface area contributed by atoms with Gasteiger partial charge in [-0.25, -0.2) is 4.98 Å². The Bertz CT molecular complexity index is 1030. The number of nitrogens with two attached hydrogens (primary N) is 1. The maximum Gasteiger partial charge on any atom is 0.288 e. The van der Waals surface area contributed by atoms with Crippen LogP contribution in [0.15, 0.2) is 72.0 Å². The Hall–Kier alpha value is -3.81. The Balaban J connectivity index is 1.99. The monoisotopic (exact) mass is 349 g/mol. The van der Waals surface area contributed by atoms with Crippen molar-refractivity contribution in [3.8, 4) is 0 Å². The van der Waals surface area contributed by atoms with Crippen LogP contribution in [0.1, 0.15) is 15.9 Å². The van der Waals surface area contributed by atoms with Gasteiger partial charge in [0, 0.05) is 18.8 Å². The van der Waals surface area contributed by atoms with Crippen molar-refractivity contribution in [2.24, 2.45) is 4.99 Å². The lowest BCUT2D eigenvalue weighted by Crippen LogP contribution is -2.22. The van der Waals surface area contributed by atoms with Gasteiger partial charge < -0.3 is 10.3 Å². The maximum atomic E-state index is 12.5. The highest BCUT2D eigenvalue weighted by atomic mass is 16.6. The first-order chi connectivity index (χ1) is 12.5. The normalized spacial score (nSPS) is 11.3. The van der Waals surface area contributed by atoms with E-state index in [0.717, 1.165) is 17.8 Å². The third-order valence-electron chi connectivity index (χ3n) is 3.67. The van der Waals surface area contributed by atoms with E-state index in [4.69, 9.17) is 5.73 Å². The molecule has 0 bridgehead atoms. The van der Waals surface area contributed by atoms with Crippen molar-refractivity contribution < 1.29 is 9.72 Å². The molecule has 8 nitrogen and oxygen atoms in total. The summed E-state index contributed by atoms with van der Waals surface area (Å²) in [4.78, 5) is 30.5. The molecular weight excluding hydrogens is 334 g/mol. The molecule has 130 valence electrons. The summed E-state index contributed by atoms with van der Waals surface area (Å²) in [7, 11) is 0. The van der Waals surface area contributed by atoms with Crippen LogP contribution in [0.5, 0.6) is 0 Å². The van der Waals surface area contributed by atoms with E-state index in [2.05, 4.69) is 9.98 Å². The SMILES string of the molecule is Nc1ncc([N+](=O)[O-])cc1C(=O)N=c1ccccn1Cc1ccccc1. The molecule has 0 unspecified atom stereocenters. The number of carbonyl (C=O) groups excluding carboxylic acids is 1. The van der Waals surface area contributed by atoms with Crippen LogP contribution < -0.4 is 11.2 Å². The molecule has 1 amide bonds. The number of nitro groups is 1. The Labute approximate surface area is 148 Å². The van der Waals surface area contributed by atoms with Crippen LogP contribution in [-0.4, -0.2) is 20.4 Å². The zero-order valence-corrected chi connectivity index (χ0v) is 13.6. The number of amides is 1. The smallest absolute Gasteiger partial charge is 0.288 e. The van der Waals surface area contributed by atoms with Crippen molar-refractivity contribution in [2.45, 2.75) is 6.54 Å². The average molecular weight is 349 g/mol. The minimum Gasteiger partial charge on any atom is -0.383 e. The van der Waals surface area contributed by atoms with Crippen molar-refractivity contribution in [2.75, 3.05) is 5.73 Å². The summed E-state index contributed by atoms with van der Waals surface area (Å²) in [5.74, 6) is -0.790. The van der Waals surface area contributed by atoms with E-state index in [1.54, 1.807) is 22.9 Å². The molecule has 26 heavy (non-hydrogen) atoms. The fourth-order valence-electron chi connectivity index (χ4n) is 2.38. The number of hydrogen-bond acceptors (Lipinski definition) is 5. The van der Waals surface area contributed by atoms with Crippen LogP contribution in [0.3, 0.4) is 0 Å². The van der Waals surface area contributed by atoms with Gasteiger partial charge in [-0.1, -0.05) is 36.4 Å². The maximum absolute atomic E-state index is 12.5. The van der Waals surface area contributed by atoms with Gasteiger partial charge in [0.1, 0.15) is 17.5 Å². The van der Waals surface area contributed by atoms with Crippen molar-refractivity contribution in [1.29, 1.82) is 0 Å². The molecule has 8 heteroatoms. The quantitative estimate of drug-likeness (QED) is 0.572. The van der Waals surface area contributed by atoms with E-state index in [-0.39, 0.29) is 17.1 Å². The van der Waals surface area contributed by atoms with Crippen molar-refractivity contribution in [3.63, 3.8) is 0 Å². The molecule has 0 saturated heterocycles. The number of rotatable bonds is 4. The summed E-state index contributed by atoms with van der Waals surface area (Å²) in [6.07, 6.45) is 2.80. The van der Waals surface area contributed by atoms with Crippen LogP contribution in [0.4, 0.5) is 11.5 Å². The van der Waals surface area contributed by atoms with Crippen LogP contribution >= 0.6 is 0 Å². The molecular formula is C18H15N5O3. The predicted molar refractivity (Wildman–Crippen MR) is 95.2 cm³/mol. The van der Waals surface area contributed by atoms with Crippen molar-refractivity contribution in [1.82, 2.24) is 9.55 Å². The minimum atomic E-state index is -0.688. The third kappa shape index (κ3) is 3.81. The summed E-state index contributed by atoms with van der Waals surface area (Å²) in [6.45, 7) is 0.524. The van der Waals surface area contributed by atoms with E-state index in [1.807, 2.05) is 36.4 Å². The number of benzene rings is 1. The number of nitrogens with zero attached hydrogens (tertiary/aromatic N) is 4. The second kappa shape index (κ2) is 7.39. The Morgan fingerprint density at radius 3 is 2.65 bits per heavy atom.